The lowest BCUT2D eigenvalue weighted by atomic mass is 10.3. The average molecular weight is 260 g/mol. The molecule has 78 valence electrons. The van der Waals surface area contributed by atoms with Crippen molar-refractivity contribution in [3.63, 3.8) is 0 Å². The van der Waals surface area contributed by atoms with Crippen LogP contribution in [0.3, 0.4) is 0 Å². The van der Waals surface area contributed by atoms with Gasteiger partial charge < -0.3 is 0 Å². The van der Waals surface area contributed by atoms with Gasteiger partial charge in [-0.25, -0.2) is 0 Å². The predicted octanol–water partition coefficient (Wildman–Crippen LogP) is 4.18. The molecule has 1 heterocycles. The second kappa shape index (κ2) is 4.96. The predicted molar refractivity (Wildman–Crippen MR) is 65.7 cm³/mol. The van der Waals surface area contributed by atoms with Crippen LogP contribution in [-0.4, -0.2) is 17.5 Å². The van der Waals surface area contributed by atoms with Gasteiger partial charge in [-0.2, -0.15) is 0 Å². The molecule has 0 saturated heterocycles. The maximum atomic E-state index is 5.95. The van der Waals surface area contributed by atoms with E-state index < -0.39 is 0 Å². The molecule has 15 heavy (non-hydrogen) atoms. The lowest BCUT2D eigenvalue weighted by molar-refractivity contribution is 1.16. The molecule has 1 aliphatic rings. The second-order valence-corrected chi connectivity index (χ2v) is 4.63. The third kappa shape index (κ3) is 2.71. The van der Waals surface area contributed by atoms with Crippen molar-refractivity contribution in [3.05, 3.63) is 28.2 Å². The molecule has 0 bridgehead atoms. The number of azo groups is 1. The Bertz CT molecular complexity index is 431. The van der Waals surface area contributed by atoms with E-state index in [1.165, 1.54) is 0 Å². The quantitative estimate of drug-likeness (QED) is 0.698. The lowest BCUT2D eigenvalue weighted by Gasteiger charge is -1.97. The minimum atomic E-state index is 0.423. The summed E-state index contributed by atoms with van der Waals surface area (Å²) in [5, 5.41) is 9.60. The molecule has 0 fully saturated rings. The van der Waals surface area contributed by atoms with Gasteiger partial charge in [0.2, 0.25) is 5.17 Å². The van der Waals surface area contributed by atoms with E-state index in [9.17, 15) is 0 Å². The second-order valence-electron chi connectivity index (χ2n) is 2.79. The SMILES string of the molecule is Clc1cccc(N=NC2=NCCS2)c1Cl. The molecule has 3 nitrogen and oxygen atoms in total. The smallest absolute Gasteiger partial charge is 0.204 e. The molecule has 1 aliphatic heterocycles. The first kappa shape index (κ1) is 10.9. The van der Waals surface area contributed by atoms with E-state index >= 15 is 0 Å². The number of thioether (sulfide) groups is 1. The Morgan fingerprint density at radius 1 is 1.27 bits per heavy atom. The molecule has 1 aromatic carbocycles. The molecule has 0 radical (unpaired) electrons. The van der Waals surface area contributed by atoms with Crippen LogP contribution in [0.5, 0.6) is 0 Å². The van der Waals surface area contributed by atoms with Crippen LogP contribution in [-0.2, 0) is 0 Å². The van der Waals surface area contributed by atoms with E-state index in [-0.39, 0.29) is 0 Å². The van der Waals surface area contributed by atoms with Crippen LogP contribution >= 0.6 is 35.0 Å². The monoisotopic (exact) mass is 259 g/mol. The number of aliphatic imine (C=N–C) groups is 1. The third-order valence-corrected chi connectivity index (χ3v) is 3.41. The number of halogens is 2. The van der Waals surface area contributed by atoms with Crippen LogP contribution < -0.4 is 0 Å². The van der Waals surface area contributed by atoms with Gasteiger partial charge in [-0.15, -0.1) is 10.2 Å². The van der Waals surface area contributed by atoms with E-state index in [0.29, 0.717) is 20.9 Å². The molecule has 1 aromatic rings. The van der Waals surface area contributed by atoms with Crippen molar-refractivity contribution in [2.45, 2.75) is 0 Å². The number of rotatable bonds is 1. The minimum Gasteiger partial charge on any atom is -0.258 e. The highest BCUT2D eigenvalue weighted by atomic mass is 35.5. The summed E-state index contributed by atoms with van der Waals surface area (Å²) in [7, 11) is 0. The molecule has 2 rings (SSSR count). The van der Waals surface area contributed by atoms with E-state index in [0.717, 1.165) is 12.3 Å². The van der Waals surface area contributed by atoms with Crippen molar-refractivity contribution in [1.82, 2.24) is 0 Å². The van der Waals surface area contributed by atoms with Crippen molar-refractivity contribution >= 4 is 45.8 Å². The van der Waals surface area contributed by atoms with Crippen molar-refractivity contribution < 1.29 is 0 Å². The van der Waals surface area contributed by atoms with Crippen molar-refractivity contribution in [3.8, 4) is 0 Å². The zero-order valence-corrected chi connectivity index (χ0v) is 9.98. The molecular formula is C9H7Cl2N3S. The maximum Gasteiger partial charge on any atom is 0.204 e. The minimum absolute atomic E-state index is 0.423. The van der Waals surface area contributed by atoms with Gasteiger partial charge in [0.25, 0.3) is 0 Å². The zero-order chi connectivity index (χ0) is 10.7. The number of hydrogen-bond acceptors (Lipinski definition) is 4. The fourth-order valence-electron chi connectivity index (χ4n) is 1.05. The van der Waals surface area contributed by atoms with Crippen LogP contribution in [0.4, 0.5) is 5.69 Å². The summed E-state index contributed by atoms with van der Waals surface area (Å²) in [6.07, 6.45) is 0. The fraction of sp³-hybridized carbons (Fsp3) is 0.222. The largest absolute Gasteiger partial charge is 0.258 e. The Kier molecular flexibility index (Phi) is 3.61. The fourth-order valence-corrected chi connectivity index (χ4v) is 2.03. The van der Waals surface area contributed by atoms with E-state index in [1.807, 2.05) is 0 Å². The highest BCUT2D eigenvalue weighted by Crippen LogP contribution is 2.32. The van der Waals surface area contributed by atoms with Gasteiger partial charge in [0, 0.05) is 5.75 Å². The van der Waals surface area contributed by atoms with Gasteiger partial charge >= 0.3 is 0 Å². The molecule has 0 atom stereocenters. The number of nitrogens with zero attached hydrogens (tertiary/aromatic N) is 3. The Balaban J connectivity index is 2.20. The maximum absolute atomic E-state index is 5.95. The van der Waals surface area contributed by atoms with Gasteiger partial charge in [0.1, 0.15) is 5.69 Å². The Morgan fingerprint density at radius 3 is 2.87 bits per heavy atom. The van der Waals surface area contributed by atoms with Gasteiger partial charge in [0.15, 0.2) is 0 Å². The summed E-state index contributed by atoms with van der Waals surface area (Å²) in [5.41, 5.74) is 0.569. The molecule has 0 unspecified atom stereocenters. The summed E-state index contributed by atoms with van der Waals surface area (Å²) < 4.78 is 0. The highest BCUT2D eigenvalue weighted by molar-refractivity contribution is 8.14. The Labute approximate surface area is 102 Å². The first-order valence-electron chi connectivity index (χ1n) is 4.30. The van der Waals surface area contributed by atoms with Gasteiger partial charge in [0.05, 0.1) is 16.6 Å². The molecule has 0 N–H and O–H groups in total. The van der Waals surface area contributed by atoms with Crippen LogP contribution in [0, 0.1) is 0 Å². The average Bonchev–Trinajstić information content (AvgIpc) is 2.73. The van der Waals surface area contributed by atoms with E-state index in [2.05, 4.69) is 15.2 Å². The van der Waals surface area contributed by atoms with Gasteiger partial charge in [-0.3, -0.25) is 4.99 Å². The Morgan fingerprint density at radius 2 is 2.13 bits per heavy atom. The zero-order valence-electron chi connectivity index (χ0n) is 7.65. The first-order chi connectivity index (χ1) is 7.27. The van der Waals surface area contributed by atoms with Gasteiger partial charge in [-0.1, -0.05) is 41.0 Å². The van der Waals surface area contributed by atoms with Crippen molar-refractivity contribution in [1.29, 1.82) is 0 Å². The highest BCUT2D eigenvalue weighted by Gasteiger charge is 2.06. The van der Waals surface area contributed by atoms with Gasteiger partial charge in [-0.05, 0) is 12.1 Å². The number of amidine groups is 1. The number of hydrogen-bond donors (Lipinski definition) is 0. The van der Waals surface area contributed by atoms with Crippen LogP contribution in [0.2, 0.25) is 10.0 Å². The van der Waals surface area contributed by atoms with E-state index in [4.69, 9.17) is 23.2 Å². The first-order valence-corrected chi connectivity index (χ1v) is 6.04. The van der Waals surface area contributed by atoms with E-state index in [1.54, 1.807) is 30.0 Å². The van der Waals surface area contributed by atoms with Crippen LogP contribution in [0.1, 0.15) is 0 Å². The standard InChI is InChI=1S/C9H7Cl2N3S/c10-6-2-1-3-7(8(6)11)13-14-9-12-4-5-15-9/h1-3H,4-5H2. The van der Waals surface area contributed by atoms with Crippen LogP contribution in [0.25, 0.3) is 0 Å². The van der Waals surface area contributed by atoms with Crippen molar-refractivity contribution in [2.75, 3.05) is 12.3 Å². The normalized spacial score (nSPS) is 16.0. The molecule has 0 spiro atoms. The topological polar surface area (TPSA) is 37.1 Å². The molecule has 0 saturated carbocycles. The molecular weight excluding hydrogens is 253 g/mol. The molecule has 6 heteroatoms. The number of benzene rings is 1. The molecule has 0 aliphatic carbocycles. The summed E-state index contributed by atoms with van der Waals surface area (Å²) >= 11 is 13.4. The van der Waals surface area contributed by atoms with Crippen LogP contribution in [0.15, 0.2) is 33.4 Å². The Hall–Kier alpha value is -0.580. The third-order valence-electron chi connectivity index (χ3n) is 1.74. The summed E-state index contributed by atoms with van der Waals surface area (Å²) in [6.45, 7) is 0.808. The molecule has 0 amide bonds. The molecule has 0 aromatic heterocycles. The lowest BCUT2D eigenvalue weighted by Crippen LogP contribution is -1.78. The summed E-state index contributed by atoms with van der Waals surface area (Å²) in [4.78, 5) is 4.15. The summed E-state index contributed by atoms with van der Waals surface area (Å²) in [6, 6.07) is 5.26. The van der Waals surface area contributed by atoms with Crippen molar-refractivity contribution in [2.24, 2.45) is 15.2 Å². The summed E-state index contributed by atoms with van der Waals surface area (Å²) in [5.74, 6) is 0.970.